The first-order chi connectivity index (χ1) is 14.2. The van der Waals surface area contributed by atoms with Crippen molar-refractivity contribution < 1.29 is 0 Å². The first-order valence-electron chi connectivity index (χ1n) is 11.0. The zero-order valence-electron chi connectivity index (χ0n) is 17.8. The van der Waals surface area contributed by atoms with Crippen LogP contribution in [0.4, 0.5) is 17.3 Å². The Balaban J connectivity index is 1.34. The maximum Gasteiger partial charge on any atom is 0.134 e. The van der Waals surface area contributed by atoms with Gasteiger partial charge in [-0.25, -0.2) is 9.97 Å². The second-order valence-corrected chi connectivity index (χ2v) is 8.26. The van der Waals surface area contributed by atoms with Crippen molar-refractivity contribution in [3.05, 3.63) is 53.4 Å². The molecule has 0 radical (unpaired) electrons. The summed E-state index contributed by atoms with van der Waals surface area (Å²) in [6, 6.07) is 10.9. The monoisotopic (exact) mass is 391 g/mol. The van der Waals surface area contributed by atoms with Crippen molar-refractivity contribution in [2.24, 2.45) is 0 Å². The van der Waals surface area contributed by atoms with Crippen LogP contribution in [0.25, 0.3) is 0 Å². The number of piperazine rings is 1. The zero-order valence-corrected chi connectivity index (χ0v) is 17.8. The van der Waals surface area contributed by atoms with Gasteiger partial charge >= 0.3 is 0 Å². The van der Waals surface area contributed by atoms with Crippen molar-refractivity contribution in [1.29, 1.82) is 0 Å². The van der Waals surface area contributed by atoms with E-state index in [1.165, 1.54) is 36.9 Å². The number of allylic oxidation sites excluding steroid dienone is 1. The minimum atomic E-state index is 0.836. The topological polar surface area (TPSA) is 44.3 Å². The summed E-state index contributed by atoms with van der Waals surface area (Å²) in [5, 5.41) is 3.52. The number of nitrogens with one attached hydrogen (secondary N) is 1. The molecule has 2 heterocycles. The molecular formula is C24H33N5. The minimum absolute atomic E-state index is 0.836. The number of hydrogen-bond donors (Lipinski definition) is 1. The summed E-state index contributed by atoms with van der Waals surface area (Å²) in [5.74, 6) is 2.83. The number of aromatic nitrogens is 2. The number of rotatable bonds is 6. The summed E-state index contributed by atoms with van der Waals surface area (Å²) in [6.07, 6.45) is 8.75. The summed E-state index contributed by atoms with van der Waals surface area (Å²) >= 11 is 0. The molecule has 29 heavy (non-hydrogen) atoms. The number of nitrogens with zero attached hydrogens (tertiary/aromatic N) is 4. The Labute approximate surface area is 174 Å². The largest absolute Gasteiger partial charge is 0.370 e. The first kappa shape index (κ1) is 19.7. The molecule has 1 aliphatic carbocycles. The van der Waals surface area contributed by atoms with Gasteiger partial charge in [0.2, 0.25) is 0 Å². The summed E-state index contributed by atoms with van der Waals surface area (Å²) in [5.41, 5.74) is 4.24. The third-order valence-corrected chi connectivity index (χ3v) is 5.93. The van der Waals surface area contributed by atoms with E-state index in [9.17, 15) is 0 Å². The average molecular weight is 392 g/mol. The van der Waals surface area contributed by atoms with Gasteiger partial charge in [-0.2, -0.15) is 0 Å². The van der Waals surface area contributed by atoms with Crippen molar-refractivity contribution in [3.8, 4) is 0 Å². The highest BCUT2D eigenvalue weighted by Crippen LogP contribution is 2.23. The molecule has 0 saturated carbocycles. The van der Waals surface area contributed by atoms with Crippen LogP contribution in [0.2, 0.25) is 0 Å². The second-order valence-electron chi connectivity index (χ2n) is 8.26. The zero-order chi connectivity index (χ0) is 20.1. The van der Waals surface area contributed by atoms with Gasteiger partial charge in [0.25, 0.3) is 0 Å². The number of hydrogen-bond acceptors (Lipinski definition) is 5. The van der Waals surface area contributed by atoms with E-state index in [1.807, 2.05) is 6.92 Å². The molecule has 2 aliphatic rings. The molecule has 0 spiro atoms. The molecule has 1 N–H and O–H groups in total. The van der Waals surface area contributed by atoms with Gasteiger partial charge in [0, 0.05) is 44.5 Å². The van der Waals surface area contributed by atoms with Gasteiger partial charge < -0.3 is 15.1 Å². The van der Waals surface area contributed by atoms with Crippen molar-refractivity contribution in [1.82, 2.24) is 9.97 Å². The van der Waals surface area contributed by atoms with Crippen LogP contribution in [0.1, 0.15) is 43.5 Å². The predicted molar refractivity (Wildman–Crippen MR) is 122 cm³/mol. The number of aryl methyl sites for hydroxylation is 2. The minimum Gasteiger partial charge on any atom is -0.370 e. The van der Waals surface area contributed by atoms with E-state index in [4.69, 9.17) is 4.98 Å². The maximum atomic E-state index is 4.71. The van der Waals surface area contributed by atoms with E-state index < -0.39 is 0 Å². The molecule has 154 valence electrons. The van der Waals surface area contributed by atoms with Crippen molar-refractivity contribution >= 4 is 17.3 Å². The van der Waals surface area contributed by atoms with Gasteiger partial charge in [0.15, 0.2) is 0 Å². The van der Waals surface area contributed by atoms with Crippen LogP contribution in [0.3, 0.4) is 0 Å². The van der Waals surface area contributed by atoms with Crippen LogP contribution < -0.4 is 15.1 Å². The molecule has 0 unspecified atom stereocenters. The molecule has 1 aliphatic heterocycles. The molecule has 5 nitrogen and oxygen atoms in total. The standard InChI is InChI=1S/C24H33N5/c1-19-7-6-10-22(17-19)28-13-15-29(16-14-28)24-18-23(26-20(2)27-24)25-12-11-21-8-4-3-5-9-21/h6-8,10,17-18H,3-5,9,11-16H2,1-2H3,(H,25,26,27). The lowest BCUT2D eigenvalue weighted by Crippen LogP contribution is -2.47. The van der Waals surface area contributed by atoms with E-state index in [0.717, 1.165) is 56.6 Å². The summed E-state index contributed by atoms with van der Waals surface area (Å²) in [7, 11) is 0. The van der Waals surface area contributed by atoms with Crippen molar-refractivity contribution in [2.45, 2.75) is 46.0 Å². The highest BCUT2D eigenvalue weighted by atomic mass is 15.3. The Kier molecular flexibility index (Phi) is 6.33. The third kappa shape index (κ3) is 5.28. The van der Waals surface area contributed by atoms with Crippen molar-refractivity contribution in [2.75, 3.05) is 47.8 Å². The summed E-state index contributed by atoms with van der Waals surface area (Å²) in [6.45, 7) is 9.09. The fourth-order valence-electron chi connectivity index (χ4n) is 4.31. The number of benzene rings is 1. The Hall–Kier alpha value is -2.56. The highest BCUT2D eigenvalue weighted by Gasteiger charge is 2.19. The lowest BCUT2D eigenvalue weighted by molar-refractivity contribution is 0.645. The molecule has 1 saturated heterocycles. The summed E-state index contributed by atoms with van der Waals surface area (Å²) < 4.78 is 0. The second kappa shape index (κ2) is 9.29. The first-order valence-corrected chi connectivity index (χ1v) is 11.0. The van der Waals surface area contributed by atoms with E-state index in [1.54, 1.807) is 5.57 Å². The Bertz CT molecular complexity index is 852. The third-order valence-electron chi connectivity index (χ3n) is 5.93. The van der Waals surface area contributed by atoms with Gasteiger partial charge in [-0.1, -0.05) is 23.8 Å². The molecule has 5 heteroatoms. The van der Waals surface area contributed by atoms with Gasteiger partial charge in [0.05, 0.1) is 0 Å². The molecule has 1 aromatic heterocycles. The fourth-order valence-corrected chi connectivity index (χ4v) is 4.31. The van der Waals surface area contributed by atoms with Crippen LogP contribution in [-0.4, -0.2) is 42.7 Å². The Morgan fingerprint density at radius 3 is 2.55 bits per heavy atom. The lowest BCUT2D eigenvalue weighted by Gasteiger charge is -2.37. The van der Waals surface area contributed by atoms with E-state index in [-0.39, 0.29) is 0 Å². The Morgan fingerprint density at radius 2 is 1.79 bits per heavy atom. The van der Waals surface area contributed by atoms with Gasteiger partial charge in [-0.05, 0) is 63.6 Å². The lowest BCUT2D eigenvalue weighted by atomic mass is 9.97. The quantitative estimate of drug-likeness (QED) is 0.722. The fraction of sp³-hybridized carbons (Fsp3) is 0.500. The van der Waals surface area contributed by atoms with Crippen LogP contribution in [-0.2, 0) is 0 Å². The molecule has 1 aromatic carbocycles. The maximum absolute atomic E-state index is 4.71. The normalized spacial score (nSPS) is 17.2. The average Bonchev–Trinajstić information content (AvgIpc) is 2.74. The Morgan fingerprint density at radius 1 is 0.966 bits per heavy atom. The smallest absolute Gasteiger partial charge is 0.134 e. The van der Waals surface area contributed by atoms with Crippen LogP contribution >= 0.6 is 0 Å². The molecule has 0 bridgehead atoms. The van der Waals surface area contributed by atoms with E-state index in [0.29, 0.717) is 0 Å². The van der Waals surface area contributed by atoms with Crippen LogP contribution in [0.15, 0.2) is 42.0 Å². The molecule has 0 atom stereocenters. The molecule has 0 amide bonds. The van der Waals surface area contributed by atoms with E-state index in [2.05, 4.69) is 63.4 Å². The van der Waals surface area contributed by atoms with Crippen LogP contribution in [0.5, 0.6) is 0 Å². The van der Waals surface area contributed by atoms with E-state index >= 15 is 0 Å². The van der Waals surface area contributed by atoms with Gasteiger partial charge in [-0.3, -0.25) is 0 Å². The highest BCUT2D eigenvalue weighted by molar-refractivity contribution is 5.53. The van der Waals surface area contributed by atoms with Gasteiger partial charge in [-0.15, -0.1) is 0 Å². The molecule has 1 fully saturated rings. The number of anilines is 3. The molecule has 2 aromatic rings. The molecule has 4 rings (SSSR count). The SMILES string of the molecule is Cc1cccc(N2CCN(c3cc(NCCC4=CCCCC4)nc(C)n3)CC2)c1. The predicted octanol–water partition coefficient (Wildman–Crippen LogP) is 4.72. The van der Waals surface area contributed by atoms with Crippen LogP contribution in [0, 0.1) is 13.8 Å². The summed E-state index contributed by atoms with van der Waals surface area (Å²) in [4.78, 5) is 14.2. The van der Waals surface area contributed by atoms with Crippen molar-refractivity contribution in [3.63, 3.8) is 0 Å². The van der Waals surface area contributed by atoms with Gasteiger partial charge in [0.1, 0.15) is 17.5 Å². The molecular weight excluding hydrogens is 358 g/mol.